The number of nitrogens with zero attached hydrogens (tertiary/aromatic N) is 1. The van der Waals surface area contributed by atoms with Crippen molar-refractivity contribution in [2.24, 2.45) is 0 Å². The molecule has 20 heavy (non-hydrogen) atoms. The van der Waals surface area contributed by atoms with Crippen molar-refractivity contribution in [3.8, 4) is 0 Å². The summed E-state index contributed by atoms with van der Waals surface area (Å²) in [5, 5.41) is 2.81. The number of benzene rings is 1. The number of nitrogen functional groups attached to an aromatic ring is 1. The van der Waals surface area contributed by atoms with E-state index in [4.69, 9.17) is 5.73 Å². The molecule has 2 rings (SSSR count). The van der Waals surface area contributed by atoms with Gasteiger partial charge in [0.2, 0.25) is 5.91 Å². The zero-order valence-electron chi connectivity index (χ0n) is 11.6. The predicted octanol–water partition coefficient (Wildman–Crippen LogP) is 2.93. The number of aromatic nitrogens is 1. The Labute approximate surface area is 119 Å². The molecule has 0 aliphatic heterocycles. The fourth-order valence-electron chi connectivity index (χ4n) is 1.91. The molecule has 4 nitrogen and oxygen atoms in total. The highest BCUT2D eigenvalue weighted by Gasteiger charge is 2.03. The van der Waals surface area contributed by atoms with Gasteiger partial charge in [-0.1, -0.05) is 29.8 Å². The van der Waals surface area contributed by atoms with Crippen molar-refractivity contribution >= 4 is 17.4 Å². The molecular formula is C16H19N3O. The van der Waals surface area contributed by atoms with Crippen LogP contribution in [0.4, 0.5) is 11.5 Å². The molecule has 0 unspecified atom stereocenters. The lowest BCUT2D eigenvalue weighted by atomic mass is 10.1. The maximum Gasteiger partial charge on any atom is 0.224 e. The van der Waals surface area contributed by atoms with Crippen molar-refractivity contribution in [1.82, 2.24) is 4.98 Å². The Morgan fingerprint density at radius 1 is 1.20 bits per heavy atom. The van der Waals surface area contributed by atoms with E-state index >= 15 is 0 Å². The van der Waals surface area contributed by atoms with Crippen LogP contribution in [0.2, 0.25) is 0 Å². The van der Waals surface area contributed by atoms with Crippen LogP contribution >= 0.6 is 0 Å². The lowest BCUT2D eigenvalue weighted by Gasteiger charge is -2.05. The quantitative estimate of drug-likeness (QED) is 0.877. The Morgan fingerprint density at radius 2 is 1.95 bits per heavy atom. The zero-order chi connectivity index (χ0) is 14.4. The second-order valence-electron chi connectivity index (χ2n) is 4.86. The SMILES string of the molecule is Cc1ccc(CCCC(=O)Nc2ccc(N)nc2)cc1. The standard InChI is InChI=1S/C16H19N3O/c1-12-5-7-13(8-6-12)3-2-4-16(20)19-14-9-10-15(17)18-11-14/h5-11H,2-4H2,1H3,(H2,17,18)(H,19,20). The third kappa shape index (κ3) is 4.39. The molecule has 1 amide bonds. The number of nitrogens with two attached hydrogens (primary N) is 1. The lowest BCUT2D eigenvalue weighted by molar-refractivity contribution is -0.116. The fourth-order valence-corrected chi connectivity index (χ4v) is 1.91. The summed E-state index contributed by atoms with van der Waals surface area (Å²) < 4.78 is 0. The van der Waals surface area contributed by atoms with E-state index in [0.29, 0.717) is 17.9 Å². The van der Waals surface area contributed by atoms with Crippen molar-refractivity contribution in [3.63, 3.8) is 0 Å². The minimum Gasteiger partial charge on any atom is -0.384 e. The van der Waals surface area contributed by atoms with E-state index in [2.05, 4.69) is 41.5 Å². The number of amides is 1. The van der Waals surface area contributed by atoms with Gasteiger partial charge in [-0.05, 0) is 37.5 Å². The Hall–Kier alpha value is -2.36. The summed E-state index contributed by atoms with van der Waals surface area (Å²) in [5.41, 5.74) is 8.68. The average Bonchev–Trinajstić information content (AvgIpc) is 2.44. The summed E-state index contributed by atoms with van der Waals surface area (Å²) in [4.78, 5) is 15.7. The number of carbonyl (C=O) groups excluding carboxylic acids is 1. The van der Waals surface area contributed by atoms with Crippen LogP contribution in [-0.4, -0.2) is 10.9 Å². The van der Waals surface area contributed by atoms with Gasteiger partial charge in [0.25, 0.3) is 0 Å². The van der Waals surface area contributed by atoms with Gasteiger partial charge in [0.05, 0.1) is 11.9 Å². The molecule has 1 aromatic carbocycles. The van der Waals surface area contributed by atoms with Crippen molar-refractivity contribution in [1.29, 1.82) is 0 Å². The molecular weight excluding hydrogens is 250 g/mol. The third-order valence-electron chi connectivity index (χ3n) is 3.06. The monoisotopic (exact) mass is 269 g/mol. The molecule has 0 spiro atoms. The van der Waals surface area contributed by atoms with E-state index in [1.165, 1.54) is 11.1 Å². The normalized spacial score (nSPS) is 10.2. The van der Waals surface area contributed by atoms with E-state index in [1.54, 1.807) is 18.3 Å². The highest BCUT2D eigenvalue weighted by molar-refractivity contribution is 5.90. The first-order chi connectivity index (χ1) is 9.63. The van der Waals surface area contributed by atoms with Gasteiger partial charge >= 0.3 is 0 Å². The molecule has 0 aliphatic carbocycles. The van der Waals surface area contributed by atoms with Crippen LogP contribution in [0.25, 0.3) is 0 Å². The van der Waals surface area contributed by atoms with Crippen molar-refractivity contribution in [2.45, 2.75) is 26.2 Å². The second kappa shape index (κ2) is 6.70. The summed E-state index contributed by atoms with van der Waals surface area (Å²) in [5.74, 6) is 0.450. The molecule has 1 heterocycles. The van der Waals surface area contributed by atoms with Crippen LogP contribution in [-0.2, 0) is 11.2 Å². The van der Waals surface area contributed by atoms with Crippen LogP contribution in [0.15, 0.2) is 42.6 Å². The molecule has 0 bridgehead atoms. The zero-order valence-corrected chi connectivity index (χ0v) is 11.6. The predicted molar refractivity (Wildman–Crippen MR) is 81.4 cm³/mol. The van der Waals surface area contributed by atoms with Gasteiger partial charge in [-0.15, -0.1) is 0 Å². The maximum atomic E-state index is 11.8. The molecule has 4 heteroatoms. The number of aryl methyl sites for hydroxylation is 2. The first-order valence-electron chi connectivity index (χ1n) is 6.70. The van der Waals surface area contributed by atoms with Gasteiger partial charge in [-0.25, -0.2) is 4.98 Å². The van der Waals surface area contributed by atoms with Gasteiger partial charge in [0.15, 0.2) is 0 Å². The van der Waals surface area contributed by atoms with Gasteiger partial charge < -0.3 is 11.1 Å². The summed E-state index contributed by atoms with van der Waals surface area (Å²) in [6.07, 6.45) is 3.80. The Balaban J connectivity index is 1.75. The number of hydrogen-bond donors (Lipinski definition) is 2. The number of hydrogen-bond acceptors (Lipinski definition) is 3. The number of nitrogens with one attached hydrogen (secondary N) is 1. The Bertz CT molecular complexity index is 561. The molecule has 0 saturated carbocycles. The van der Waals surface area contributed by atoms with E-state index in [-0.39, 0.29) is 5.91 Å². The van der Waals surface area contributed by atoms with Crippen LogP contribution < -0.4 is 11.1 Å². The number of pyridine rings is 1. The average molecular weight is 269 g/mol. The second-order valence-corrected chi connectivity index (χ2v) is 4.86. The van der Waals surface area contributed by atoms with E-state index in [0.717, 1.165) is 12.8 Å². The molecule has 3 N–H and O–H groups in total. The van der Waals surface area contributed by atoms with Crippen LogP contribution in [0.5, 0.6) is 0 Å². The maximum absolute atomic E-state index is 11.8. The molecule has 0 fully saturated rings. The topological polar surface area (TPSA) is 68.0 Å². The smallest absolute Gasteiger partial charge is 0.224 e. The van der Waals surface area contributed by atoms with E-state index < -0.39 is 0 Å². The molecule has 2 aromatic rings. The number of anilines is 2. The molecule has 0 aliphatic rings. The molecule has 0 atom stereocenters. The van der Waals surface area contributed by atoms with E-state index in [9.17, 15) is 4.79 Å². The summed E-state index contributed by atoms with van der Waals surface area (Å²) >= 11 is 0. The highest BCUT2D eigenvalue weighted by Crippen LogP contribution is 2.10. The highest BCUT2D eigenvalue weighted by atomic mass is 16.1. The minimum atomic E-state index is 0.00341. The number of carbonyl (C=O) groups is 1. The van der Waals surface area contributed by atoms with Crippen molar-refractivity contribution in [3.05, 3.63) is 53.7 Å². The number of rotatable bonds is 5. The van der Waals surface area contributed by atoms with Gasteiger partial charge in [0, 0.05) is 6.42 Å². The van der Waals surface area contributed by atoms with Crippen molar-refractivity contribution < 1.29 is 4.79 Å². The Morgan fingerprint density at radius 3 is 2.60 bits per heavy atom. The van der Waals surface area contributed by atoms with Crippen LogP contribution in [0.1, 0.15) is 24.0 Å². The molecule has 0 radical (unpaired) electrons. The largest absolute Gasteiger partial charge is 0.384 e. The summed E-state index contributed by atoms with van der Waals surface area (Å²) in [6, 6.07) is 11.8. The fraction of sp³-hybridized carbons (Fsp3) is 0.250. The van der Waals surface area contributed by atoms with Gasteiger partial charge in [-0.3, -0.25) is 4.79 Å². The minimum absolute atomic E-state index is 0.00341. The lowest BCUT2D eigenvalue weighted by Crippen LogP contribution is -2.11. The van der Waals surface area contributed by atoms with Crippen LogP contribution in [0.3, 0.4) is 0 Å². The summed E-state index contributed by atoms with van der Waals surface area (Å²) in [6.45, 7) is 2.07. The molecule has 104 valence electrons. The van der Waals surface area contributed by atoms with E-state index in [1.807, 2.05) is 0 Å². The van der Waals surface area contributed by atoms with Crippen molar-refractivity contribution in [2.75, 3.05) is 11.1 Å². The first kappa shape index (κ1) is 14.1. The molecule has 1 aromatic heterocycles. The van der Waals surface area contributed by atoms with Gasteiger partial charge in [-0.2, -0.15) is 0 Å². The Kier molecular flexibility index (Phi) is 4.71. The first-order valence-corrected chi connectivity index (χ1v) is 6.70. The third-order valence-corrected chi connectivity index (χ3v) is 3.06. The molecule has 0 saturated heterocycles. The van der Waals surface area contributed by atoms with Gasteiger partial charge in [0.1, 0.15) is 5.82 Å². The van der Waals surface area contributed by atoms with Crippen LogP contribution in [0, 0.1) is 6.92 Å². The summed E-state index contributed by atoms with van der Waals surface area (Å²) in [7, 11) is 0.